The van der Waals surface area contributed by atoms with Crippen molar-refractivity contribution in [1.82, 2.24) is 10.2 Å². The van der Waals surface area contributed by atoms with Gasteiger partial charge in [-0.15, -0.1) is 0 Å². The van der Waals surface area contributed by atoms with E-state index in [1.165, 1.54) is 11.1 Å². The van der Waals surface area contributed by atoms with E-state index in [0.717, 1.165) is 25.7 Å². The number of nitrogens with one attached hydrogen (secondary N) is 1. The summed E-state index contributed by atoms with van der Waals surface area (Å²) in [6, 6.07) is 8.15. The Balaban J connectivity index is 1.46. The van der Waals surface area contributed by atoms with Gasteiger partial charge in [0.25, 0.3) is 0 Å². The first-order chi connectivity index (χ1) is 11.6. The Morgan fingerprint density at radius 1 is 1.12 bits per heavy atom. The van der Waals surface area contributed by atoms with Gasteiger partial charge in [0.1, 0.15) is 0 Å². The molecule has 1 heterocycles. The molecule has 2 N–H and O–H groups in total. The average molecular weight is 330 g/mol. The Bertz CT molecular complexity index is 608. The number of nitrogens with zero attached hydrogens (tertiary/aromatic N) is 1. The van der Waals surface area contributed by atoms with Gasteiger partial charge in [-0.2, -0.15) is 0 Å². The summed E-state index contributed by atoms with van der Waals surface area (Å²) < 4.78 is 0. The predicted octanol–water partition coefficient (Wildman–Crippen LogP) is 1.77. The molecule has 0 radical (unpaired) electrons. The van der Waals surface area contributed by atoms with E-state index in [9.17, 15) is 14.7 Å². The zero-order valence-electron chi connectivity index (χ0n) is 14.1. The number of amides is 2. The number of aliphatic hydroxyl groups is 1. The first kappa shape index (κ1) is 17.0. The molecule has 0 spiro atoms. The molecule has 0 unspecified atom stereocenters. The zero-order valence-corrected chi connectivity index (χ0v) is 14.1. The normalized spacial score (nSPS) is 19.5. The molecule has 5 nitrogen and oxygen atoms in total. The van der Waals surface area contributed by atoms with Crippen LogP contribution in [0, 0.1) is 0 Å². The summed E-state index contributed by atoms with van der Waals surface area (Å²) in [5.74, 6) is -0.293. The highest BCUT2D eigenvalue weighted by Crippen LogP contribution is 2.30. The van der Waals surface area contributed by atoms with E-state index in [2.05, 4.69) is 11.4 Å². The second-order valence-electron chi connectivity index (χ2n) is 7.07. The van der Waals surface area contributed by atoms with Gasteiger partial charge in [-0.05, 0) is 30.4 Å². The molecule has 0 atom stereocenters. The second kappa shape index (κ2) is 7.34. The number of rotatable bonds is 4. The largest absolute Gasteiger partial charge is 0.389 e. The van der Waals surface area contributed by atoms with Crippen LogP contribution < -0.4 is 5.32 Å². The van der Waals surface area contributed by atoms with Crippen molar-refractivity contribution in [2.45, 2.75) is 57.1 Å². The van der Waals surface area contributed by atoms with Gasteiger partial charge in [-0.1, -0.05) is 43.5 Å². The molecule has 0 bridgehead atoms. The van der Waals surface area contributed by atoms with Crippen LogP contribution in [0.5, 0.6) is 0 Å². The molecule has 2 amide bonds. The molecule has 1 aromatic carbocycles. The van der Waals surface area contributed by atoms with Crippen molar-refractivity contribution >= 4 is 11.8 Å². The number of hydrogen-bond acceptors (Lipinski definition) is 3. The van der Waals surface area contributed by atoms with Gasteiger partial charge in [0, 0.05) is 13.1 Å². The highest BCUT2D eigenvalue weighted by molar-refractivity contribution is 5.85. The SMILES string of the molecule is O=C(CC1(O)CCCCC1)NCC(=O)N1CCc2ccccc2C1. The molecule has 1 saturated carbocycles. The fourth-order valence-electron chi connectivity index (χ4n) is 3.74. The van der Waals surface area contributed by atoms with E-state index in [-0.39, 0.29) is 24.8 Å². The third kappa shape index (κ3) is 4.15. The molecule has 24 heavy (non-hydrogen) atoms. The Hall–Kier alpha value is -1.88. The molecule has 1 fully saturated rings. The fraction of sp³-hybridized carbons (Fsp3) is 0.579. The van der Waals surface area contributed by atoms with Crippen molar-refractivity contribution in [3.63, 3.8) is 0 Å². The van der Waals surface area contributed by atoms with Gasteiger partial charge in [0.15, 0.2) is 0 Å². The predicted molar refractivity (Wildman–Crippen MR) is 91.2 cm³/mol. The lowest BCUT2D eigenvalue weighted by atomic mass is 9.82. The minimum atomic E-state index is -0.880. The van der Waals surface area contributed by atoms with Crippen LogP contribution in [-0.4, -0.2) is 40.5 Å². The number of carbonyl (C=O) groups excluding carboxylic acids is 2. The van der Waals surface area contributed by atoms with Crippen molar-refractivity contribution in [3.8, 4) is 0 Å². The van der Waals surface area contributed by atoms with Gasteiger partial charge in [0.05, 0.1) is 18.6 Å². The lowest BCUT2D eigenvalue weighted by molar-refractivity contribution is -0.135. The lowest BCUT2D eigenvalue weighted by Crippen LogP contribution is -2.44. The minimum Gasteiger partial charge on any atom is -0.389 e. The van der Waals surface area contributed by atoms with E-state index >= 15 is 0 Å². The lowest BCUT2D eigenvalue weighted by Gasteiger charge is -2.32. The fourth-order valence-corrected chi connectivity index (χ4v) is 3.74. The number of benzene rings is 1. The third-order valence-electron chi connectivity index (χ3n) is 5.19. The Kier molecular flexibility index (Phi) is 5.19. The van der Waals surface area contributed by atoms with E-state index in [1.807, 2.05) is 18.2 Å². The van der Waals surface area contributed by atoms with E-state index in [1.54, 1.807) is 4.90 Å². The summed E-state index contributed by atoms with van der Waals surface area (Å²) in [7, 11) is 0. The third-order valence-corrected chi connectivity index (χ3v) is 5.19. The molecule has 1 aromatic rings. The van der Waals surface area contributed by atoms with Gasteiger partial charge in [-0.3, -0.25) is 9.59 Å². The standard InChI is InChI=1S/C19H26N2O3/c22-17(12-19(24)9-4-1-5-10-19)20-13-18(23)21-11-8-15-6-2-3-7-16(15)14-21/h2-3,6-7,24H,1,4-5,8-14H2,(H,20,22). The van der Waals surface area contributed by atoms with Crippen LogP contribution in [0.2, 0.25) is 0 Å². The monoisotopic (exact) mass is 330 g/mol. The molecular weight excluding hydrogens is 304 g/mol. The molecule has 0 aromatic heterocycles. The van der Waals surface area contributed by atoms with Crippen molar-refractivity contribution in [2.24, 2.45) is 0 Å². The topological polar surface area (TPSA) is 69.6 Å². The van der Waals surface area contributed by atoms with Crippen LogP contribution >= 0.6 is 0 Å². The van der Waals surface area contributed by atoms with Crippen LogP contribution in [0.1, 0.15) is 49.7 Å². The molecular formula is C19H26N2O3. The summed E-state index contributed by atoms with van der Waals surface area (Å²) in [5, 5.41) is 13.1. The molecule has 2 aliphatic rings. The maximum atomic E-state index is 12.3. The average Bonchev–Trinajstić information content (AvgIpc) is 2.59. The van der Waals surface area contributed by atoms with Crippen LogP contribution in [0.3, 0.4) is 0 Å². The maximum Gasteiger partial charge on any atom is 0.242 e. The molecule has 5 heteroatoms. The molecule has 3 rings (SSSR count). The maximum absolute atomic E-state index is 12.3. The van der Waals surface area contributed by atoms with Crippen molar-refractivity contribution in [3.05, 3.63) is 35.4 Å². The Morgan fingerprint density at radius 3 is 2.58 bits per heavy atom. The van der Waals surface area contributed by atoms with Crippen LogP contribution in [-0.2, 0) is 22.6 Å². The van der Waals surface area contributed by atoms with E-state index in [0.29, 0.717) is 25.9 Å². The molecule has 1 aliphatic carbocycles. The van der Waals surface area contributed by atoms with Crippen LogP contribution in [0.15, 0.2) is 24.3 Å². The van der Waals surface area contributed by atoms with Crippen LogP contribution in [0.25, 0.3) is 0 Å². The summed E-state index contributed by atoms with van der Waals surface area (Å²) in [5.41, 5.74) is 1.60. The smallest absolute Gasteiger partial charge is 0.242 e. The number of carbonyl (C=O) groups is 2. The van der Waals surface area contributed by atoms with Crippen molar-refractivity contribution < 1.29 is 14.7 Å². The van der Waals surface area contributed by atoms with Gasteiger partial charge >= 0.3 is 0 Å². The van der Waals surface area contributed by atoms with Gasteiger partial charge < -0.3 is 15.3 Å². The summed E-state index contributed by atoms with van der Waals surface area (Å²) in [4.78, 5) is 26.2. The Labute approximate surface area is 143 Å². The summed E-state index contributed by atoms with van der Waals surface area (Å²) >= 11 is 0. The van der Waals surface area contributed by atoms with E-state index in [4.69, 9.17) is 0 Å². The molecule has 130 valence electrons. The second-order valence-corrected chi connectivity index (χ2v) is 7.07. The first-order valence-electron chi connectivity index (χ1n) is 8.89. The van der Waals surface area contributed by atoms with Gasteiger partial charge in [0.2, 0.25) is 11.8 Å². The molecule has 0 saturated heterocycles. The number of fused-ring (bicyclic) bond motifs is 1. The Morgan fingerprint density at radius 2 is 1.83 bits per heavy atom. The zero-order chi connectivity index (χ0) is 17.0. The van der Waals surface area contributed by atoms with Gasteiger partial charge in [-0.25, -0.2) is 0 Å². The number of hydrogen-bond donors (Lipinski definition) is 2. The molecule has 1 aliphatic heterocycles. The van der Waals surface area contributed by atoms with Crippen molar-refractivity contribution in [2.75, 3.05) is 13.1 Å². The minimum absolute atomic E-state index is 0.0110. The van der Waals surface area contributed by atoms with Crippen molar-refractivity contribution in [1.29, 1.82) is 0 Å². The van der Waals surface area contributed by atoms with E-state index < -0.39 is 5.60 Å². The summed E-state index contributed by atoms with van der Waals surface area (Å²) in [6.45, 7) is 1.31. The highest BCUT2D eigenvalue weighted by Gasteiger charge is 2.32. The highest BCUT2D eigenvalue weighted by atomic mass is 16.3. The quantitative estimate of drug-likeness (QED) is 0.884. The first-order valence-corrected chi connectivity index (χ1v) is 8.89. The van der Waals surface area contributed by atoms with Crippen LogP contribution in [0.4, 0.5) is 0 Å². The summed E-state index contributed by atoms with van der Waals surface area (Å²) in [6.07, 6.45) is 5.37.